The maximum absolute atomic E-state index is 10.6. The van der Waals surface area contributed by atoms with Crippen LogP contribution in [0.1, 0.15) is 33.1 Å². The van der Waals surface area contributed by atoms with E-state index in [1.54, 1.807) is 6.92 Å². The maximum atomic E-state index is 10.6. The molecule has 0 amide bonds. The number of aliphatic hydroxyl groups excluding tert-OH is 2. The van der Waals surface area contributed by atoms with Crippen LogP contribution in [0.2, 0.25) is 0 Å². The summed E-state index contributed by atoms with van der Waals surface area (Å²) in [5.41, 5.74) is 0. The van der Waals surface area contributed by atoms with E-state index in [2.05, 4.69) is 4.74 Å². The summed E-state index contributed by atoms with van der Waals surface area (Å²) in [6, 6.07) is 0. The molecule has 0 aliphatic carbocycles. The summed E-state index contributed by atoms with van der Waals surface area (Å²) in [4.78, 5) is 31.2. The second-order valence-corrected chi connectivity index (χ2v) is 5.98. The quantitative estimate of drug-likeness (QED) is 0.336. The van der Waals surface area contributed by atoms with Gasteiger partial charge in [-0.25, -0.2) is 0 Å². The van der Waals surface area contributed by atoms with Gasteiger partial charge in [-0.3, -0.25) is 14.4 Å². The highest BCUT2D eigenvalue weighted by Gasteiger charge is 2.17. The molecule has 0 bridgehead atoms. The average molecular weight is 322 g/mol. The van der Waals surface area contributed by atoms with Crippen LogP contribution < -0.4 is 0 Å². The molecule has 22 heavy (non-hydrogen) atoms. The van der Waals surface area contributed by atoms with E-state index in [0.29, 0.717) is 11.0 Å². The Balaban J connectivity index is 0. The van der Waals surface area contributed by atoms with Gasteiger partial charge in [0.2, 0.25) is 0 Å². The normalized spacial score (nSPS) is 13.4. The molecule has 1 unspecified atom stereocenters. The number of aliphatic hydroxyl groups is 2. The SMILES string of the molecule is CCC(=O)OC(=O)CC(C)O.C[N+](C)(C)C[C@H](O)CC(=O)O. The number of hydrogen-bond acceptors (Lipinski definition) is 6. The van der Waals surface area contributed by atoms with Crippen LogP contribution >= 0.6 is 0 Å². The molecule has 0 fully saturated rings. The van der Waals surface area contributed by atoms with E-state index in [1.807, 2.05) is 21.1 Å². The van der Waals surface area contributed by atoms with Gasteiger partial charge in [0.15, 0.2) is 0 Å². The van der Waals surface area contributed by atoms with Crippen LogP contribution in [0.15, 0.2) is 0 Å². The summed E-state index contributed by atoms with van der Waals surface area (Å²) in [7, 11) is 5.72. The van der Waals surface area contributed by atoms with E-state index >= 15 is 0 Å². The van der Waals surface area contributed by atoms with Gasteiger partial charge in [0, 0.05) is 6.42 Å². The zero-order valence-corrected chi connectivity index (χ0v) is 13.9. The van der Waals surface area contributed by atoms with Gasteiger partial charge in [0.05, 0.1) is 40.1 Å². The first-order valence-corrected chi connectivity index (χ1v) is 6.99. The van der Waals surface area contributed by atoms with Gasteiger partial charge in [-0.15, -0.1) is 0 Å². The summed E-state index contributed by atoms with van der Waals surface area (Å²) < 4.78 is 4.85. The van der Waals surface area contributed by atoms with Crippen molar-refractivity contribution in [2.75, 3.05) is 27.7 Å². The highest BCUT2D eigenvalue weighted by atomic mass is 16.6. The summed E-state index contributed by atoms with van der Waals surface area (Å²) >= 11 is 0. The second-order valence-electron chi connectivity index (χ2n) is 5.98. The lowest BCUT2D eigenvalue weighted by molar-refractivity contribution is -0.873. The minimum atomic E-state index is -0.953. The van der Waals surface area contributed by atoms with Crippen LogP contribution in [-0.4, -0.2) is 77.6 Å². The van der Waals surface area contributed by atoms with Crippen molar-refractivity contribution in [1.82, 2.24) is 0 Å². The Morgan fingerprint density at radius 3 is 1.86 bits per heavy atom. The number of rotatable bonds is 7. The average Bonchev–Trinajstić information content (AvgIpc) is 2.24. The van der Waals surface area contributed by atoms with Crippen LogP contribution in [0.3, 0.4) is 0 Å². The Morgan fingerprint density at radius 1 is 1.05 bits per heavy atom. The molecule has 0 saturated heterocycles. The lowest BCUT2D eigenvalue weighted by Gasteiger charge is -2.25. The smallest absolute Gasteiger partial charge is 0.316 e. The number of esters is 2. The van der Waals surface area contributed by atoms with Crippen LogP contribution in [0.4, 0.5) is 0 Å². The molecule has 3 N–H and O–H groups in total. The maximum Gasteiger partial charge on any atom is 0.316 e. The zero-order valence-electron chi connectivity index (χ0n) is 13.9. The molecule has 8 nitrogen and oxygen atoms in total. The number of carboxylic acid groups (broad SMARTS) is 1. The second kappa shape index (κ2) is 11.1. The van der Waals surface area contributed by atoms with Gasteiger partial charge in [0.25, 0.3) is 0 Å². The van der Waals surface area contributed by atoms with Gasteiger partial charge in [-0.05, 0) is 6.92 Å². The zero-order chi connectivity index (χ0) is 17.9. The van der Waals surface area contributed by atoms with Crippen molar-refractivity contribution in [2.45, 2.75) is 45.3 Å². The number of carboxylic acids is 1. The molecule has 8 heteroatoms. The Labute approximate surface area is 130 Å². The molecule has 0 heterocycles. The summed E-state index contributed by atoms with van der Waals surface area (Å²) in [6.45, 7) is 3.52. The van der Waals surface area contributed by atoms with Crippen molar-refractivity contribution in [2.24, 2.45) is 0 Å². The van der Waals surface area contributed by atoms with E-state index < -0.39 is 30.1 Å². The third-order valence-electron chi connectivity index (χ3n) is 2.15. The number of aliphatic carboxylic acids is 1. The predicted octanol–water partition coefficient (Wildman–Crippen LogP) is -0.235. The van der Waals surface area contributed by atoms with Crippen molar-refractivity contribution in [3.05, 3.63) is 0 Å². The van der Waals surface area contributed by atoms with Gasteiger partial charge < -0.3 is 24.5 Å². The monoisotopic (exact) mass is 322 g/mol. The molecule has 0 aliphatic rings. The van der Waals surface area contributed by atoms with E-state index in [-0.39, 0.29) is 19.3 Å². The molecule has 0 aromatic heterocycles. The molecule has 130 valence electrons. The Morgan fingerprint density at radius 2 is 1.55 bits per heavy atom. The van der Waals surface area contributed by atoms with Crippen molar-refractivity contribution >= 4 is 17.9 Å². The molecular weight excluding hydrogens is 294 g/mol. The first-order valence-electron chi connectivity index (χ1n) is 6.99. The highest BCUT2D eigenvalue weighted by Crippen LogP contribution is 1.98. The molecule has 0 radical (unpaired) electrons. The van der Waals surface area contributed by atoms with Crippen molar-refractivity contribution < 1.29 is 38.9 Å². The third-order valence-corrected chi connectivity index (χ3v) is 2.15. The fraction of sp³-hybridized carbons (Fsp3) is 0.786. The summed E-state index contributed by atoms with van der Waals surface area (Å²) in [5, 5.41) is 26.2. The Bertz CT molecular complexity index is 361. The minimum absolute atomic E-state index is 0.133. The molecule has 0 rings (SSSR count). The van der Waals surface area contributed by atoms with E-state index in [1.165, 1.54) is 6.92 Å². The van der Waals surface area contributed by atoms with Crippen LogP contribution in [0, 0.1) is 0 Å². The number of ether oxygens (including phenoxy) is 1. The number of likely N-dealkylation sites (N-methyl/N-ethyl adjacent to an activating group) is 1. The lowest BCUT2D eigenvalue weighted by atomic mass is 10.2. The standard InChI is InChI=1S/C7H15NO3.C7H12O4/c1-8(2,3)5-6(9)4-7(10)11;1-3-6(9)11-7(10)4-5(2)8/h6,9H,4-5H2,1-3H3;5,8H,3-4H2,1-2H3/p+1/t6-;/m1./s1. The van der Waals surface area contributed by atoms with Gasteiger partial charge in [-0.2, -0.15) is 0 Å². The number of quaternary nitrogens is 1. The first-order chi connectivity index (χ1) is 9.87. The van der Waals surface area contributed by atoms with Crippen LogP contribution in [-0.2, 0) is 19.1 Å². The van der Waals surface area contributed by atoms with E-state index in [0.717, 1.165) is 0 Å². The lowest BCUT2D eigenvalue weighted by Crippen LogP contribution is -2.42. The number of hydrogen-bond donors (Lipinski definition) is 3. The van der Waals surface area contributed by atoms with Crippen LogP contribution in [0.5, 0.6) is 0 Å². The first kappa shape index (κ1) is 22.8. The van der Waals surface area contributed by atoms with Gasteiger partial charge in [-0.1, -0.05) is 6.92 Å². The Hall–Kier alpha value is -1.51. The van der Waals surface area contributed by atoms with Crippen LogP contribution in [0.25, 0.3) is 0 Å². The number of nitrogens with zero attached hydrogens (tertiary/aromatic N) is 1. The molecule has 0 saturated carbocycles. The fourth-order valence-corrected chi connectivity index (χ4v) is 1.38. The van der Waals surface area contributed by atoms with Gasteiger partial charge >= 0.3 is 17.9 Å². The fourth-order valence-electron chi connectivity index (χ4n) is 1.38. The molecule has 0 aromatic carbocycles. The molecular formula is C14H28NO7+. The molecule has 2 atom stereocenters. The van der Waals surface area contributed by atoms with E-state index in [9.17, 15) is 14.4 Å². The molecule has 0 spiro atoms. The third kappa shape index (κ3) is 18.5. The topological polar surface area (TPSA) is 121 Å². The number of carbonyl (C=O) groups excluding carboxylic acids is 2. The molecule has 0 aromatic rings. The van der Waals surface area contributed by atoms with Crippen molar-refractivity contribution in [3.8, 4) is 0 Å². The highest BCUT2D eigenvalue weighted by molar-refractivity contribution is 5.85. The molecule has 0 aliphatic heterocycles. The van der Waals surface area contributed by atoms with Crippen molar-refractivity contribution in [1.29, 1.82) is 0 Å². The largest absolute Gasteiger partial charge is 0.481 e. The Kier molecular flexibility index (Phi) is 11.5. The van der Waals surface area contributed by atoms with Crippen molar-refractivity contribution in [3.63, 3.8) is 0 Å². The summed E-state index contributed by atoms with van der Waals surface area (Å²) in [5.74, 6) is -2.19. The summed E-state index contributed by atoms with van der Waals surface area (Å²) in [6.07, 6.45) is -1.63. The number of carbonyl (C=O) groups is 3. The van der Waals surface area contributed by atoms with E-state index in [4.69, 9.17) is 15.3 Å². The minimum Gasteiger partial charge on any atom is -0.481 e. The van der Waals surface area contributed by atoms with Gasteiger partial charge in [0.1, 0.15) is 12.6 Å². The predicted molar refractivity (Wildman–Crippen MR) is 78.8 cm³/mol.